The molecule has 2 heterocycles. The number of para-hydroxylation sites is 1. The fraction of sp³-hybridized carbons (Fsp3) is 0.240. The van der Waals surface area contributed by atoms with Crippen molar-refractivity contribution in [3.05, 3.63) is 65.4 Å². The largest absolute Gasteiger partial charge is 0.493 e. The third kappa shape index (κ3) is 4.14. The number of Topliss-reactive ketones (excluding diaryl/α,β-unsaturated/α-hetero) is 1. The molecule has 4 rings (SSSR count). The molecule has 0 saturated heterocycles. The van der Waals surface area contributed by atoms with Gasteiger partial charge in [0, 0.05) is 36.2 Å². The Morgan fingerprint density at radius 2 is 1.97 bits per heavy atom. The SMILES string of the molecule is COc1cccc2cc(C=CC(=O)OC(C)C(=O)c3ccc4c(c3)CCN4C(C)=O)oc12. The number of amides is 1. The van der Waals surface area contributed by atoms with Crippen molar-refractivity contribution in [1.29, 1.82) is 0 Å². The average molecular weight is 433 g/mol. The second kappa shape index (κ2) is 8.70. The van der Waals surface area contributed by atoms with Gasteiger partial charge in [-0.25, -0.2) is 4.79 Å². The fourth-order valence-corrected chi connectivity index (χ4v) is 3.83. The Hall–Kier alpha value is -3.87. The number of esters is 1. The Labute approximate surface area is 185 Å². The number of rotatable bonds is 6. The smallest absolute Gasteiger partial charge is 0.331 e. The van der Waals surface area contributed by atoms with Crippen LogP contribution in [0.5, 0.6) is 5.75 Å². The zero-order valence-corrected chi connectivity index (χ0v) is 18.1. The number of carbonyl (C=O) groups is 3. The Kier molecular flexibility index (Phi) is 5.81. The van der Waals surface area contributed by atoms with E-state index in [-0.39, 0.29) is 11.7 Å². The predicted molar refractivity (Wildman–Crippen MR) is 120 cm³/mol. The van der Waals surface area contributed by atoms with E-state index in [2.05, 4.69) is 0 Å². The number of benzene rings is 2. The van der Waals surface area contributed by atoms with Crippen molar-refractivity contribution in [2.24, 2.45) is 0 Å². The van der Waals surface area contributed by atoms with Gasteiger partial charge in [-0.05, 0) is 55.3 Å². The lowest BCUT2D eigenvalue weighted by atomic mass is 10.0. The van der Waals surface area contributed by atoms with E-state index in [0.717, 1.165) is 16.6 Å². The van der Waals surface area contributed by atoms with Gasteiger partial charge in [0.15, 0.2) is 17.4 Å². The first-order chi connectivity index (χ1) is 15.4. The number of nitrogens with zero attached hydrogens (tertiary/aromatic N) is 1. The number of ketones is 1. The quantitative estimate of drug-likeness (QED) is 0.329. The maximum absolute atomic E-state index is 12.7. The van der Waals surface area contributed by atoms with E-state index in [1.807, 2.05) is 12.1 Å². The summed E-state index contributed by atoms with van der Waals surface area (Å²) >= 11 is 0. The highest BCUT2D eigenvalue weighted by Crippen LogP contribution is 2.30. The lowest BCUT2D eigenvalue weighted by Gasteiger charge is -2.15. The summed E-state index contributed by atoms with van der Waals surface area (Å²) in [7, 11) is 1.56. The van der Waals surface area contributed by atoms with Crippen molar-refractivity contribution in [2.75, 3.05) is 18.6 Å². The molecule has 0 spiro atoms. The highest BCUT2D eigenvalue weighted by atomic mass is 16.5. The van der Waals surface area contributed by atoms with E-state index in [1.165, 1.54) is 26.0 Å². The molecule has 0 bridgehead atoms. The summed E-state index contributed by atoms with van der Waals surface area (Å²) in [5.74, 6) is 0.0880. The van der Waals surface area contributed by atoms with Gasteiger partial charge in [-0.2, -0.15) is 0 Å². The summed E-state index contributed by atoms with van der Waals surface area (Å²) in [6.45, 7) is 3.66. The Morgan fingerprint density at radius 3 is 2.72 bits per heavy atom. The maximum atomic E-state index is 12.7. The number of hydrogen-bond acceptors (Lipinski definition) is 6. The molecule has 1 atom stereocenters. The molecule has 1 aliphatic rings. The third-order valence-electron chi connectivity index (χ3n) is 5.43. The number of anilines is 1. The molecule has 7 nitrogen and oxygen atoms in total. The van der Waals surface area contributed by atoms with Crippen LogP contribution < -0.4 is 9.64 Å². The van der Waals surface area contributed by atoms with E-state index in [1.54, 1.807) is 42.3 Å². The second-order valence-corrected chi connectivity index (χ2v) is 7.57. The Morgan fingerprint density at radius 1 is 1.16 bits per heavy atom. The number of carbonyl (C=O) groups excluding carboxylic acids is 3. The van der Waals surface area contributed by atoms with Crippen molar-refractivity contribution in [3.8, 4) is 5.75 Å². The standard InChI is InChI=1S/C25H23NO6/c1-15(24(29)18-7-9-21-17(13-18)11-12-26(21)16(2)27)31-23(28)10-8-20-14-19-5-4-6-22(30-3)25(19)32-20/h4-10,13-15H,11-12H2,1-3H3. The molecule has 0 aliphatic carbocycles. The number of methoxy groups -OCH3 is 1. The average Bonchev–Trinajstić information content (AvgIpc) is 3.40. The van der Waals surface area contributed by atoms with Gasteiger partial charge >= 0.3 is 5.97 Å². The number of furan rings is 1. The van der Waals surface area contributed by atoms with Crippen molar-refractivity contribution >= 4 is 40.4 Å². The van der Waals surface area contributed by atoms with Crippen LogP contribution in [0.25, 0.3) is 17.0 Å². The normalized spacial score (nSPS) is 13.9. The molecule has 3 aromatic rings. The predicted octanol–water partition coefficient (Wildman–Crippen LogP) is 4.18. The minimum atomic E-state index is -0.953. The van der Waals surface area contributed by atoms with Crippen LogP contribution in [0.15, 0.2) is 53.0 Å². The van der Waals surface area contributed by atoms with Gasteiger partial charge in [-0.3, -0.25) is 9.59 Å². The first-order valence-corrected chi connectivity index (χ1v) is 10.3. The number of hydrogen-bond donors (Lipinski definition) is 0. The van der Waals surface area contributed by atoms with Crippen molar-refractivity contribution in [1.82, 2.24) is 0 Å². The van der Waals surface area contributed by atoms with Crippen molar-refractivity contribution in [3.63, 3.8) is 0 Å². The van der Waals surface area contributed by atoms with Crippen LogP contribution in [0.3, 0.4) is 0 Å². The van der Waals surface area contributed by atoms with Crippen LogP contribution in [0.1, 0.15) is 35.5 Å². The second-order valence-electron chi connectivity index (χ2n) is 7.57. The molecule has 164 valence electrons. The van der Waals surface area contributed by atoms with Crippen molar-refractivity contribution < 1.29 is 28.3 Å². The van der Waals surface area contributed by atoms with Crippen molar-refractivity contribution in [2.45, 2.75) is 26.4 Å². The van der Waals surface area contributed by atoms with E-state index < -0.39 is 12.1 Å². The molecular weight excluding hydrogens is 410 g/mol. The minimum Gasteiger partial charge on any atom is -0.493 e. The van der Waals surface area contributed by atoms with Crippen LogP contribution in [0.4, 0.5) is 5.69 Å². The van der Waals surface area contributed by atoms with Gasteiger partial charge < -0.3 is 18.8 Å². The molecule has 32 heavy (non-hydrogen) atoms. The zero-order chi connectivity index (χ0) is 22.8. The molecule has 7 heteroatoms. The highest BCUT2D eigenvalue weighted by molar-refractivity contribution is 6.02. The van der Waals surface area contributed by atoms with Gasteiger partial charge in [-0.15, -0.1) is 0 Å². The third-order valence-corrected chi connectivity index (χ3v) is 5.43. The Bertz CT molecular complexity index is 1240. The molecule has 0 saturated carbocycles. The molecule has 1 aromatic heterocycles. The Balaban J connectivity index is 1.41. The topological polar surface area (TPSA) is 86.0 Å². The van der Waals surface area contributed by atoms with Crippen LogP contribution in [0.2, 0.25) is 0 Å². The first-order valence-electron chi connectivity index (χ1n) is 10.3. The molecule has 0 fully saturated rings. The minimum absolute atomic E-state index is 0.0280. The molecule has 1 unspecified atom stereocenters. The van der Waals surface area contributed by atoms with E-state index in [9.17, 15) is 14.4 Å². The lowest BCUT2D eigenvalue weighted by Crippen LogP contribution is -2.26. The van der Waals surface area contributed by atoms with Gasteiger partial charge in [0.1, 0.15) is 5.76 Å². The highest BCUT2D eigenvalue weighted by Gasteiger charge is 2.25. The van der Waals surface area contributed by atoms with Gasteiger partial charge in [0.05, 0.1) is 7.11 Å². The van der Waals surface area contributed by atoms with Crippen LogP contribution in [-0.4, -0.2) is 37.4 Å². The first kappa shape index (κ1) is 21.4. The molecule has 2 aromatic carbocycles. The summed E-state index contributed by atoms with van der Waals surface area (Å²) < 4.78 is 16.3. The van der Waals surface area contributed by atoms with E-state index in [0.29, 0.717) is 35.6 Å². The maximum Gasteiger partial charge on any atom is 0.331 e. The zero-order valence-electron chi connectivity index (χ0n) is 18.1. The van der Waals surface area contributed by atoms with Crippen LogP contribution >= 0.6 is 0 Å². The fourth-order valence-electron chi connectivity index (χ4n) is 3.83. The van der Waals surface area contributed by atoms with Crippen LogP contribution in [0, 0.1) is 0 Å². The summed E-state index contributed by atoms with van der Waals surface area (Å²) in [4.78, 5) is 38.3. The lowest BCUT2D eigenvalue weighted by molar-refractivity contribution is -0.140. The van der Waals surface area contributed by atoms with Gasteiger partial charge in [-0.1, -0.05) is 12.1 Å². The van der Waals surface area contributed by atoms with E-state index >= 15 is 0 Å². The molecular formula is C25H23NO6. The monoisotopic (exact) mass is 433 g/mol. The number of ether oxygens (including phenoxy) is 2. The molecule has 0 N–H and O–H groups in total. The molecule has 1 aliphatic heterocycles. The van der Waals surface area contributed by atoms with Gasteiger partial charge in [0.2, 0.25) is 11.7 Å². The summed E-state index contributed by atoms with van der Waals surface area (Å²) in [6, 6.07) is 12.5. The number of fused-ring (bicyclic) bond motifs is 2. The molecule has 1 amide bonds. The summed E-state index contributed by atoms with van der Waals surface area (Å²) in [5.41, 5.74) is 2.79. The summed E-state index contributed by atoms with van der Waals surface area (Å²) in [6.07, 6.45) is 2.45. The van der Waals surface area contributed by atoms with E-state index in [4.69, 9.17) is 13.9 Å². The van der Waals surface area contributed by atoms with Crippen LogP contribution in [-0.2, 0) is 20.7 Å². The van der Waals surface area contributed by atoms with Gasteiger partial charge in [0.25, 0.3) is 0 Å². The summed E-state index contributed by atoms with van der Waals surface area (Å²) in [5, 5.41) is 0.848. The molecule has 0 radical (unpaired) electrons.